The van der Waals surface area contributed by atoms with Gasteiger partial charge in [-0.3, -0.25) is 4.99 Å². The van der Waals surface area contributed by atoms with E-state index in [1.165, 1.54) is 0 Å². The Bertz CT molecular complexity index is 178. The molecule has 0 amide bonds. The second-order valence-electron chi connectivity index (χ2n) is 2.78. The number of hydrogen-bond acceptors (Lipinski definition) is 4. The summed E-state index contributed by atoms with van der Waals surface area (Å²) in [5.41, 5.74) is 6.80. The molecular formula is C9H19N3O. The Hall–Kier alpha value is -0.740. The van der Waals surface area contributed by atoms with Gasteiger partial charge in [-0.2, -0.15) is 0 Å². The van der Waals surface area contributed by atoms with Crippen LogP contribution in [0, 0.1) is 5.41 Å². The van der Waals surface area contributed by atoms with Crippen molar-refractivity contribution in [1.82, 2.24) is 0 Å². The SMILES string of the molecule is CN=C(CCCN)C(=N)CCOC. The number of hydrogen-bond donors (Lipinski definition) is 2. The second-order valence-corrected chi connectivity index (χ2v) is 2.78. The van der Waals surface area contributed by atoms with Crippen LogP contribution in [-0.4, -0.2) is 38.7 Å². The lowest BCUT2D eigenvalue weighted by Crippen LogP contribution is -2.16. The number of rotatable bonds is 7. The van der Waals surface area contributed by atoms with Crippen LogP contribution in [-0.2, 0) is 4.74 Å². The lowest BCUT2D eigenvalue weighted by Gasteiger charge is -2.06. The molecule has 0 heterocycles. The topological polar surface area (TPSA) is 71.5 Å². The molecule has 13 heavy (non-hydrogen) atoms. The summed E-state index contributed by atoms with van der Waals surface area (Å²) in [5, 5.41) is 7.68. The van der Waals surface area contributed by atoms with Crippen molar-refractivity contribution in [3.63, 3.8) is 0 Å². The van der Waals surface area contributed by atoms with E-state index < -0.39 is 0 Å². The molecule has 0 saturated carbocycles. The van der Waals surface area contributed by atoms with Gasteiger partial charge in [0.1, 0.15) is 0 Å². The Morgan fingerprint density at radius 3 is 2.62 bits per heavy atom. The fraction of sp³-hybridized carbons (Fsp3) is 0.778. The summed E-state index contributed by atoms with van der Waals surface area (Å²) >= 11 is 0. The zero-order valence-electron chi connectivity index (χ0n) is 8.47. The molecule has 0 aromatic rings. The highest BCUT2D eigenvalue weighted by Crippen LogP contribution is 1.97. The molecule has 0 aliphatic rings. The van der Waals surface area contributed by atoms with Crippen LogP contribution in [0.2, 0.25) is 0 Å². The van der Waals surface area contributed by atoms with Gasteiger partial charge in [0.15, 0.2) is 0 Å². The summed E-state index contributed by atoms with van der Waals surface area (Å²) in [5.74, 6) is 0. The van der Waals surface area contributed by atoms with Crippen LogP contribution in [0.15, 0.2) is 4.99 Å². The van der Waals surface area contributed by atoms with Crippen molar-refractivity contribution in [3.8, 4) is 0 Å². The van der Waals surface area contributed by atoms with Crippen molar-refractivity contribution in [2.75, 3.05) is 27.3 Å². The van der Waals surface area contributed by atoms with Crippen molar-refractivity contribution in [2.45, 2.75) is 19.3 Å². The summed E-state index contributed by atoms with van der Waals surface area (Å²) in [6.07, 6.45) is 2.32. The van der Waals surface area contributed by atoms with E-state index in [9.17, 15) is 0 Å². The minimum absolute atomic E-state index is 0.567. The second kappa shape index (κ2) is 7.89. The van der Waals surface area contributed by atoms with Gasteiger partial charge >= 0.3 is 0 Å². The number of nitrogens with zero attached hydrogens (tertiary/aromatic N) is 1. The molecule has 0 fully saturated rings. The fourth-order valence-electron chi connectivity index (χ4n) is 1.02. The molecule has 0 saturated heterocycles. The van der Waals surface area contributed by atoms with Crippen molar-refractivity contribution in [2.24, 2.45) is 10.7 Å². The lowest BCUT2D eigenvalue weighted by molar-refractivity contribution is 0.207. The summed E-state index contributed by atoms with van der Waals surface area (Å²) < 4.78 is 4.89. The van der Waals surface area contributed by atoms with Gasteiger partial charge in [0.2, 0.25) is 0 Å². The van der Waals surface area contributed by atoms with Crippen molar-refractivity contribution in [3.05, 3.63) is 0 Å². The highest BCUT2D eigenvalue weighted by atomic mass is 16.5. The van der Waals surface area contributed by atoms with E-state index in [2.05, 4.69) is 4.99 Å². The minimum Gasteiger partial charge on any atom is -0.384 e. The third-order valence-electron chi connectivity index (χ3n) is 1.79. The number of methoxy groups -OCH3 is 1. The summed E-state index contributed by atoms with van der Waals surface area (Å²) in [6.45, 7) is 1.23. The third-order valence-corrected chi connectivity index (χ3v) is 1.79. The molecule has 0 aliphatic carbocycles. The van der Waals surface area contributed by atoms with Gasteiger partial charge in [0.05, 0.1) is 18.0 Å². The first-order valence-electron chi connectivity index (χ1n) is 4.48. The smallest absolute Gasteiger partial charge is 0.0553 e. The summed E-state index contributed by atoms with van der Waals surface area (Å²) in [6, 6.07) is 0. The van der Waals surface area contributed by atoms with Crippen LogP contribution in [0.25, 0.3) is 0 Å². The maximum atomic E-state index is 7.68. The van der Waals surface area contributed by atoms with Crippen LogP contribution in [0.4, 0.5) is 0 Å². The Kier molecular flexibility index (Phi) is 7.44. The molecule has 76 valence electrons. The van der Waals surface area contributed by atoms with E-state index >= 15 is 0 Å². The standard InChI is InChI=1S/C9H19N3O/c1-12-9(4-3-6-10)8(11)5-7-13-2/h11H,3-7,10H2,1-2H3. The number of ether oxygens (including phenoxy) is 1. The predicted molar refractivity (Wildman–Crippen MR) is 55.9 cm³/mol. The van der Waals surface area contributed by atoms with Crippen molar-refractivity contribution < 1.29 is 4.74 Å². The summed E-state index contributed by atoms with van der Waals surface area (Å²) in [4.78, 5) is 4.06. The van der Waals surface area contributed by atoms with Gasteiger partial charge in [0, 0.05) is 20.6 Å². The monoisotopic (exact) mass is 185 g/mol. The van der Waals surface area contributed by atoms with Gasteiger partial charge in [0.25, 0.3) is 0 Å². The Morgan fingerprint density at radius 2 is 2.15 bits per heavy atom. The molecule has 0 rings (SSSR count). The third kappa shape index (κ3) is 5.49. The molecule has 0 unspecified atom stereocenters. The van der Waals surface area contributed by atoms with Crippen LogP contribution in [0.1, 0.15) is 19.3 Å². The van der Waals surface area contributed by atoms with Crippen LogP contribution in [0.3, 0.4) is 0 Å². The van der Waals surface area contributed by atoms with Crippen molar-refractivity contribution >= 4 is 11.4 Å². The number of nitrogens with one attached hydrogen (secondary N) is 1. The first-order valence-corrected chi connectivity index (χ1v) is 4.48. The van der Waals surface area contributed by atoms with Gasteiger partial charge in [-0.25, -0.2) is 0 Å². The maximum absolute atomic E-state index is 7.68. The normalized spacial score (nSPS) is 11.8. The molecule has 0 atom stereocenters. The first kappa shape index (κ1) is 12.3. The van der Waals surface area contributed by atoms with E-state index in [1.54, 1.807) is 14.2 Å². The largest absolute Gasteiger partial charge is 0.384 e. The van der Waals surface area contributed by atoms with Crippen LogP contribution < -0.4 is 5.73 Å². The predicted octanol–water partition coefficient (Wildman–Crippen LogP) is 0.852. The molecule has 3 N–H and O–H groups in total. The zero-order valence-corrected chi connectivity index (χ0v) is 8.47. The van der Waals surface area contributed by atoms with E-state index in [1.807, 2.05) is 0 Å². The molecule has 0 spiro atoms. The molecule has 0 aromatic carbocycles. The Labute approximate surface area is 79.7 Å². The molecule has 0 radical (unpaired) electrons. The Morgan fingerprint density at radius 1 is 1.46 bits per heavy atom. The maximum Gasteiger partial charge on any atom is 0.0553 e. The van der Waals surface area contributed by atoms with E-state index in [-0.39, 0.29) is 0 Å². The Balaban J connectivity index is 3.87. The highest BCUT2D eigenvalue weighted by Gasteiger charge is 2.04. The molecule has 4 heteroatoms. The zero-order chi connectivity index (χ0) is 10.1. The number of aliphatic imine (C=N–C) groups is 1. The highest BCUT2D eigenvalue weighted by molar-refractivity contribution is 6.41. The van der Waals surface area contributed by atoms with Crippen molar-refractivity contribution in [1.29, 1.82) is 5.41 Å². The molecule has 0 aliphatic heterocycles. The van der Waals surface area contributed by atoms with Gasteiger partial charge in [-0.1, -0.05) is 0 Å². The average Bonchev–Trinajstić information content (AvgIpc) is 2.16. The minimum atomic E-state index is 0.567. The van der Waals surface area contributed by atoms with E-state index in [0.717, 1.165) is 18.6 Å². The average molecular weight is 185 g/mol. The van der Waals surface area contributed by atoms with E-state index in [4.69, 9.17) is 15.9 Å². The van der Waals surface area contributed by atoms with Crippen LogP contribution >= 0.6 is 0 Å². The quantitative estimate of drug-likeness (QED) is 0.577. The van der Waals surface area contributed by atoms with Gasteiger partial charge < -0.3 is 15.9 Å². The molecule has 0 bridgehead atoms. The summed E-state index contributed by atoms with van der Waals surface area (Å²) in [7, 11) is 3.35. The molecule has 0 aromatic heterocycles. The van der Waals surface area contributed by atoms with Gasteiger partial charge in [-0.05, 0) is 19.4 Å². The van der Waals surface area contributed by atoms with E-state index in [0.29, 0.717) is 25.3 Å². The van der Waals surface area contributed by atoms with Gasteiger partial charge in [-0.15, -0.1) is 0 Å². The first-order chi connectivity index (χ1) is 6.26. The molecule has 4 nitrogen and oxygen atoms in total. The van der Waals surface area contributed by atoms with Crippen LogP contribution in [0.5, 0.6) is 0 Å². The fourth-order valence-corrected chi connectivity index (χ4v) is 1.02. The molecular weight excluding hydrogens is 166 g/mol. The number of nitrogens with two attached hydrogens (primary N) is 1. The lowest BCUT2D eigenvalue weighted by atomic mass is 10.1.